The molecule has 0 spiro atoms. The predicted octanol–water partition coefficient (Wildman–Crippen LogP) is 5.16. The molecule has 21 heavy (non-hydrogen) atoms. The SMILES string of the molecule is O=C(Nc1ccccc1SC(F)F)c1cccc(Br)c1F. The van der Waals surface area contributed by atoms with Crippen LogP contribution in [0.25, 0.3) is 0 Å². The topological polar surface area (TPSA) is 29.1 Å². The second-order valence-corrected chi connectivity index (χ2v) is 5.82. The van der Waals surface area contributed by atoms with Crippen LogP contribution in [0.3, 0.4) is 0 Å². The predicted molar refractivity (Wildman–Crippen MR) is 80.4 cm³/mol. The molecule has 2 rings (SSSR count). The average molecular weight is 376 g/mol. The van der Waals surface area contributed by atoms with Gasteiger partial charge in [0.1, 0.15) is 5.82 Å². The first-order valence-electron chi connectivity index (χ1n) is 5.78. The molecule has 0 aliphatic carbocycles. The summed E-state index contributed by atoms with van der Waals surface area (Å²) in [4.78, 5) is 12.3. The van der Waals surface area contributed by atoms with Gasteiger partial charge in [0.2, 0.25) is 0 Å². The minimum absolute atomic E-state index is 0.158. The van der Waals surface area contributed by atoms with Crippen LogP contribution < -0.4 is 5.32 Å². The maximum atomic E-state index is 13.8. The summed E-state index contributed by atoms with van der Waals surface area (Å²) in [6.45, 7) is 0. The van der Waals surface area contributed by atoms with E-state index in [0.717, 1.165) is 0 Å². The molecule has 1 N–H and O–H groups in total. The molecule has 0 bridgehead atoms. The van der Waals surface area contributed by atoms with Crippen LogP contribution in [0.5, 0.6) is 0 Å². The normalized spacial score (nSPS) is 10.7. The molecule has 0 saturated carbocycles. The van der Waals surface area contributed by atoms with Crippen LogP contribution in [0.1, 0.15) is 10.4 Å². The lowest BCUT2D eigenvalue weighted by molar-refractivity contribution is 0.102. The zero-order valence-electron chi connectivity index (χ0n) is 10.4. The zero-order chi connectivity index (χ0) is 15.4. The van der Waals surface area contributed by atoms with E-state index in [9.17, 15) is 18.0 Å². The molecule has 110 valence electrons. The third kappa shape index (κ3) is 4.01. The summed E-state index contributed by atoms with van der Waals surface area (Å²) in [5, 5.41) is 2.45. The summed E-state index contributed by atoms with van der Waals surface area (Å²) < 4.78 is 38.9. The maximum absolute atomic E-state index is 13.8. The van der Waals surface area contributed by atoms with Crippen molar-refractivity contribution in [1.29, 1.82) is 0 Å². The van der Waals surface area contributed by atoms with Gasteiger partial charge in [0.05, 0.1) is 15.7 Å². The minimum atomic E-state index is -2.61. The highest BCUT2D eigenvalue weighted by Crippen LogP contribution is 2.32. The van der Waals surface area contributed by atoms with Crippen LogP contribution in [0.2, 0.25) is 0 Å². The van der Waals surface area contributed by atoms with Gasteiger partial charge in [0.25, 0.3) is 11.7 Å². The van der Waals surface area contributed by atoms with Gasteiger partial charge in [-0.05, 0) is 40.2 Å². The number of hydrogen-bond donors (Lipinski definition) is 1. The molecule has 2 aromatic rings. The fraction of sp³-hybridized carbons (Fsp3) is 0.0714. The fourth-order valence-electron chi connectivity index (χ4n) is 1.64. The zero-order valence-corrected chi connectivity index (χ0v) is 12.8. The van der Waals surface area contributed by atoms with Crippen molar-refractivity contribution in [3.05, 3.63) is 58.3 Å². The van der Waals surface area contributed by atoms with Crippen molar-refractivity contribution in [1.82, 2.24) is 0 Å². The number of benzene rings is 2. The monoisotopic (exact) mass is 375 g/mol. The fourth-order valence-corrected chi connectivity index (χ4v) is 2.60. The molecule has 1 amide bonds. The maximum Gasteiger partial charge on any atom is 0.288 e. The van der Waals surface area contributed by atoms with Gasteiger partial charge in [-0.25, -0.2) is 4.39 Å². The van der Waals surface area contributed by atoms with E-state index in [1.54, 1.807) is 12.1 Å². The van der Waals surface area contributed by atoms with Crippen molar-refractivity contribution in [2.75, 3.05) is 5.32 Å². The van der Waals surface area contributed by atoms with Gasteiger partial charge in [-0.1, -0.05) is 30.0 Å². The van der Waals surface area contributed by atoms with Crippen molar-refractivity contribution in [2.24, 2.45) is 0 Å². The minimum Gasteiger partial charge on any atom is -0.321 e. The lowest BCUT2D eigenvalue weighted by atomic mass is 10.2. The first-order chi connectivity index (χ1) is 9.99. The summed E-state index contributed by atoms with van der Waals surface area (Å²) in [7, 11) is 0. The van der Waals surface area contributed by atoms with Gasteiger partial charge in [0, 0.05) is 4.90 Å². The van der Waals surface area contributed by atoms with E-state index >= 15 is 0 Å². The number of alkyl halides is 2. The number of hydrogen-bond acceptors (Lipinski definition) is 2. The Morgan fingerprint density at radius 3 is 2.57 bits per heavy atom. The quantitative estimate of drug-likeness (QED) is 0.748. The van der Waals surface area contributed by atoms with Gasteiger partial charge in [-0.3, -0.25) is 4.79 Å². The summed E-state index contributed by atoms with van der Waals surface area (Å²) in [5.74, 6) is -4.00. The van der Waals surface area contributed by atoms with Gasteiger partial charge < -0.3 is 5.32 Å². The van der Waals surface area contributed by atoms with E-state index in [2.05, 4.69) is 21.2 Å². The Morgan fingerprint density at radius 1 is 1.14 bits per heavy atom. The highest BCUT2D eigenvalue weighted by atomic mass is 79.9. The summed E-state index contributed by atoms with van der Waals surface area (Å²) in [6.07, 6.45) is 0. The Labute approximate surface area is 131 Å². The Hall–Kier alpha value is -1.47. The number of carbonyl (C=O) groups excluding carboxylic acids is 1. The van der Waals surface area contributed by atoms with Gasteiger partial charge >= 0.3 is 0 Å². The lowest BCUT2D eigenvalue weighted by Gasteiger charge is -2.11. The molecule has 0 aliphatic heterocycles. The molecule has 0 fully saturated rings. The van der Waals surface area contributed by atoms with E-state index in [1.165, 1.54) is 30.3 Å². The first kappa shape index (κ1) is 15.9. The number of thioether (sulfide) groups is 1. The second kappa shape index (κ2) is 7.00. The molecule has 2 aromatic carbocycles. The van der Waals surface area contributed by atoms with Crippen molar-refractivity contribution in [3.63, 3.8) is 0 Å². The third-order valence-corrected chi connectivity index (χ3v) is 3.95. The first-order valence-corrected chi connectivity index (χ1v) is 7.45. The number of amides is 1. The van der Waals surface area contributed by atoms with E-state index < -0.39 is 17.5 Å². The Morgan fingerprint density at radius 2 is 1.86 bits per heavy atom. The van der Waals surface area contributed by atoms with Crippen molar-refractivity contribution < 1.29 is 18.0 Å². The number of halogens is 4. The molecular weight excluding hydrogens is 367 g/mol. The van der Waals surface area contributed by atoms with Crippen LogP contribution in [0.4, 0.5) is 18.9 Å². The molecule has 0 aliphatic rings. The number of nitrogens with one attached hydrogen (secondary N) is 1. The van der Waals surface area contributed by atoms with Gasteiger partial charge in [-0.15, -0.1) is 0 Å². The molecule has 0 saturated heterocycles. The highest BCUT2D eigenvalue weighted by molar-refractivity contribution is 9.10. The molecular formula is C14H9BrF3NOS. The van der Waals surface area contributed by atoms with Gasteiger partial charge in [0.15, 0.2) is 0 Å². The van der Waals surface area contributed by atoms with Gasteiger partial charge in [-0.2, -0.15) is 8.78 Å². The molecule has 0 unspecified atom stereocenters. The van der Waals surface area contributed by atoms with E-state index in [-0.39, 0.29) is 20.6 Å². The van der Waals surface area contributed by atoms with Crippen molar-refractivity contribution in [3.8, 4) is 0 Å². The summed E-state index contributed by atoms with van der Waals surface area (Å²) >= 11 is 3.31. The molecule has 0 heterocycles. The van der Waals surface area contributed by atoms with E-state index in [4.69, 9.17) is 0 Å². The number of rotatable bonds is 4. The van der Waals surface area contributed by atoms with Crippen LogP contribution in [0, 0.1) is 5.82 Å². The Balaban J connectivity index is 2.26. The van der Waals surface area contributed by atoms with Crippen molar-refractivity contribution >= 4 is 39.3 Å². The summed E-state index contributed by atoms with van der Waals surface area (Å²) in [6, 6.07) is 10.4. The van der Waals surface area contributed by atoms with Crippen LogP contribution >= 0.6 is 27.7 Å². The largest absolute Gasteiger partial charge is 0.321 e. The Kier molecular flexibility index (Phi) is 5.30. The number of carbonyl (C=O) groups is 1. The average Bonchev–Trinajstić information content (AvgIpc) is 2.43. The number of anilines is 1. The third-order valence-electron chi connectivity index (χ3n) is 2.55. The molecule has 2 nitrogen and oxygen atoms in total. The molecule has 0 radical (unpaired) electrons. The van der Waals surface area contributed by atoms with Crippen LogP contribution in [-0.4, -0.2) is 11.7 Å². The molecule has 0 aromatic heterocycles. The van der Waals surface area contributed by atoms with Crippen molar-refractivity contribution in [2.45, 2.75) is 10.7 Å². The molecule has 0 atom stereocenters. The second-order valence-electron chi connectivity index (χ2n) is 3.93. The summed E-state index contributed by atoms with van der Waals surface area (Å²) in [5.41, 5.74) is 0.0494. The smallest absolute Gasteiger partial charge is 0.288 e. The molecule has 7 heteroatoms. The van der Waals surface area contributed by atoms with Crippen LogP contribution in [-0.2, 0) is 0 Å². The highest BCUT2D eigenvalue weighted by Gasteiger charge is 2.16. The Bertz CT molecular complexity index is 666. The van der Waals surface area contributed by atoms with E-state index in [0.29, 0.717) is 11.8 Å². The van der Waals surface area contributed by atoms with E-state index in [1.807, 2.05) is 0 Å². The lowest BCUT2D eigenvalue weighted by Crippen LogP contribution is -2.14. The standard InChI is InChI=1S/C14H9BrF3NOS/c15-9-5-3-4-8(12(9)16)13(20)19-10-6-1-2-7-11(10)21-14(17)18/h1-7,14H,(H,19,20). The van der Waals surface area contributed by atoms with Crippen LogP contribution in [0.15, 0.2) is 51.8 Å². The number of para-hydroxylation sites is 1.